The van der Waals surface area contributed by atoms with Crippen molar-refractivity contribution >= 4 is 35.4 Å². The third kappa shape index (κ3) is 4.67. The van der Waals surface area contributed by atoms with E-state index in [2.05, 4.69) is 10.4 Å². The average molecular weight is 417 g/mol. The highest BCUT2D eigenvalue weighted by Gasteiger charge is 2.14. The van der Waals surface area contributed by atoms with Crippen LogP contribution in [0.3, 0.4) is 0 Å². The molecule has 28 heavy (non-hydrogen) atoms. The minimum Gasteiger partial charge on any atom is -0.409 e. The second kappa shape index (κ2) is 8.68. The molecule has 1 heterocycles. The van der Waals surface area contributed by atoms with Crippen molar-refractivity contribution in [3.63, 3.8) is 0 Å². The number of hydrogen-bond acceptors (Lipinski definition) is 5. The predicted octanol–water partition coefficient (Wildman–Crippen LogP) is 4.67. The van der Waals surface area contributed by atoms with E-state index in [4.69, 9.17) is 28.2 Å². The Balaban J connectivity index is 1.66. The first kappa shape index (κ1) is 20.3. The number of anilines is 1. The van der Waals surface area contributed by atoms with E-state index in [1.54, 1.807) is 11.0 Å². The summed E-state index contributed by atoms with van der Waals surface area (Å²) in [5.41, 5.74) is 3.68. The molecule has 1 N–H and O–H groups in total. The number of nitrogens with zero attached hydrogens (tertiary/aromatic N) is 3. The standard InChI is InChI=1S/C20H21ClN4O2S/c1-13-7-6-10-17(14(13)2)22-18(26)11-24(3)12-25-20(28)27-19(23-25)15-8-4-5-9-16(15)21/h4-10H,11-12H2,1-3H3,(H,22,26). The van der Waals surface area contributed by atoms with Gasteiger partial charge in [0.05, 0.1) is 23.8 Å². The van der Waals surface area contributed by atoms with Gasteiger partial charge in [-0.3, -0.25) is 9.69 Å². The lowest BCUT2D eigenvalue weighted by atomic mass is 10.1. The summed E-state index contributed by atoms with van der Waals surface area (Å²) in [6.45, 7) is 4.50. The van der Waals surface area contributed by atoms with Gasteiger partial charge in [-0.05, 0) is 62.4 Å². The van der Waals surface area contributed by atoms with Gasteiger partial charge in [0, 0.05) is 5.69 Å². The van der Waals surface area contributed by atoms with Crippen molar-refractivity contribution in [2.24, 2.45) is 0 Å². The number of carbonyl (C=O) groups is 1. The van der Waals surface area contributed by atoms with Gasteiger partial charge in [-0.1, -0.05) is 35.9 Å². The highest BCUT2D eigenvalue weighted by atomic mass is 35.5. The lowest BCUT2D eigenvalue weighted by Crippen LogP contribution is -2.32. The summed E-state index contributed by atoms with van der Waals surface area (Å²) in [6.07, 6.45) is 0. The van der Waals surface area contributed by atoms with Crippen molar-refractivity contribution in [3.8, 4) is 11.5 Å². The van der Waals surface area contributed by atoms with E-state index < -0.39 is 0 Å². The Morgan fingerprint density at radius 1 is 1.25 bits per heavy atom. The zero-order valence-corrected chi connectivity index (χ0v) is 17.5. The van der Waals surface area contributed by atoms with Gasteiger partial charge >= 0.3 is 0 Å². The van der Waals surface area contributed by atoms with E-state index in [1.807, 2.05) is 57.3 Å². The molecule has 0 aliphatic rings. The van der Waals surface area contributed by atoms with Gasteiger partial charge in [-0.25, -0.2) is 4.68 Å². The minimum atomic E-state index is -0.113. The quantitative estimate of drug-likeness (QED) is 0.591. The first-order valence-corrected chi connectivity index (χ1v) is 9.51. The molecule has 0 aliphatic carbocycles. The maximum Gasteiger partial charge on any atom is 0.288 e. The Morgan fingerprint density at radius 2 is 2.00 bits per heavy atom. The summed E-state index contributed by atoms with van der Waals surface area (Å²) in [5, 5.41) is 7.86. The number of rotatable bonds is 6. The molecule has 3 rings (SSSR count). The molecule has 3 aromatic rings. The van der Waals surface area contributed by atoms with E-state index in [9.17, 15) is 4.79 Å². The average Bonchev–Trinajstić information content (AvgIpc) is 2.99. The zero-order valence-electron chi connectivity index (χ0n) is 15.9. The number of amides is 1. The summed E-state index contributed by atoms with van der Waals surface area (Å²) in [5.74, 6) is 0.237. The van der Waals surface area contributed by atoms with Crippen molar-refractivity contribution in [3.05, 3.63) is 63.5 Å². The molecule has 146 valence electrons. The number of nitrogens with one attached hydrogen (secondary N) is 1. The molecule has 0 fully saturated rings. The van der Waals surface area contributed by atoms with E-state index in [1.165, 1.54) is 4.68 Å². The molecule has 0 atom stereocenters. The smallest absolute Gasteiger partial charge is 0.288 e. The van der Waals surface area contributed by atoms with E-state index >= 15 is 0 Å². The summed E-state index contributed by atoms with van der Waals surface area (Å²) in [6, 6.07) is 13.1. The fourth-order valence-electron chi connectivity index (χ4n) is 2.74. The number of hydrogen-bond donors (Lipinski definition) is 1. The van der Waals surface area contributed by atoms with Gasteiger partial charge in [0.15, 0.2) is 0 Å². The van der Waals surface area contributed by atoms with Crippen LogP contribution in [0.25, 0.3) is 11.5 Å². The molecule has 0 bridgehead atoms. The van der Waals surface area contributed by atoms with E-state index in [0.717, 1.165) is 16.8 Å². The van der Waals surface area contributed by atoms with Crippen molar-refractivity contribution in [1.82, 2.24) is 14.7 Å². The highest BCUT2D eigenvalue weighted by molar-refractivity contribution is 7.71. The molecule has 0 aliphatic heterocycles. The van der Waals surface area contributed by atoms with Gasteiger partial charge in [-0.2, -0.15) is 0 Å². The summed E-state index contributed by atoms with van der Waals surface area (Å²) >= 11 is 11.4. The molecule has 2 aromatic carbocycles. The summed E-state index contributed by atoms with van der Waals surface area (Å²) in [4.78, 5) is 14.4. The molecular weight excluding hydrogens is 396 g/mol. The Kier molecular flexibility index (Phi) is 6.28. The predicted molar refractivity (Wildman–Crippen MR) is 113 cm³/mol. The molecule has 1 aromatic heterocycles. The van der Waals surface area contributed by atoms with E-state index in [-0.39, 0.29) is 17.3 Å². The van der Waals surface area contributed by atoms with Crippen LogP contribution in [-0.4, -0.2) is 34.2 Å². The molecule has 0 spiro atoms. The lowest BCUT2D eigenvalue weighted by molar-refractivity contribution is -0.117. The molecule has 0 saturated heterocycles. The van der Waals surface area contributed by atoms with Crippen LogP contribution in [-0.2, 0) is 11.5 Å². The first-order valence-electron chi connectivity index (χ1n) is 8.72. The normalized spacial score (nSPS) is 11.0. The Labute approximate surface area is 173 Å². The van der Waals surface area contributed by atoms with Gasteiger partial charge < -0.3 is 9.73 Å². The van der Waals surface area contributed by atoms with Crippen LogP contribution in [0.15, 0.2) is 46.9 Å². The molecular formula is C20H21ClN4O2S. The van der Waals surface area contributed by atoms with Crippen LogP contribution in [0.5, 0.6) is 0 Å². The third-order valence-corrected chi connectivity index (χ3v) is 5.00. The molecule has 8 heteroatoms. The van der Waals surface area contributed by atoms with Crippen molar-refractivity contribution in [2.45, 2.75) is 20.5 Å². The summed E-state index contributed by atoms with van der Waals surface area (Å²) in [7, 11) is 1.81. The lowest BCUT2D eigenvalue weighted by Gasteiger charge is -2.16. The minimum absolute atomic E-state index is 0.113. The second-order valence-electron chi connectivity index (χ2n) is 6.60. The third-order valence-electron chi connectivity index (χ3n) is 4.38. The van der Waals surface area contributed by atoms with Crippen LogP contribution in [0.2, 0.25) is 5.02 Å². The Morgan fingerprint density at radius 3 is 2.75 bits per heavy atom. The number of carbonyl (C=O) groups excluding carboxylic acids is 1. The van der Waals surface area contributed by atoms with Gasteiger partial charge in [-0.15, -0.1) is 5.10 Å². The van der Waals surface area contributed by atoms with Crippen LogP contribution in [0.1, 0.15) is 11.1 Å². The Hall–Kier alpha value is -2.48. The monoisotopic (exact) mass is 416 g/mol. The SMILES string of the molecule is Cc1cccc(NC(=O)CN(C)Cn2nc(-c3ccccc3Cl)oc2=S)c1C. The molecule has 6 nitrogen and oxygen atoms in total. The maximum absolute atomic E-state index is 12.4. The van der Waals surface area contributed by atoms with Crippen LogP contribution in [0.4, 0.5) is 5.69 Å². The van der Waals surface area contributed by atoms with Crippen LogP contribution >= 0.6 is 23.8 Å². The van der Waals surface area contributed by atoms with Crippen molar-refractivity contribution in [1.29, 1.82) is 0 Å². The molecule has 1 amide bonds. The fourth-order valence-corrected chi connectivity index (χ4v) is 3.13. The molecule has 0 unspecified atom stereocenters. The summed E-state index contributed by atoms with van der Waals surface area (Å²) < 4.78 is 7.09. The zero-order chi connectivity index (χ0) is 20.3. The number of likely N-dealkylation sites (N-methyl/N-ethyl adjacent to an activating group) is 1. The fraction of sp³-hybridized carbons (Fsp3) is 0.250. The topological polar surface area (TPSA) is 63.3 Å². The number of aryl methyl sites for hydroxylation is 1. The van der Waals surface area contributed by atoms with Gasteiger partial charge in [0.2, 0.25) is 11.8 Å². The largest absolute Gasteiger partial charge is 0.409 e. The van der Waals surface area contributed by atoms with Gasteiger partial charge in [0.25, 0.3) is 4.84 Å². The first-order chi connectivity index (χ1) is 13.3. The molecule has 0 saturated carbocycles. The molecule has 0 radical (unpaired) electrons. The maximum atomic E-state index is 12.4. The Bertz CT molecular complexity index is 1060. The van der Waals surface area contributed by atoms with Crippen molar-refractivity contribution < 1.29 is 9.21 Å². The number of aromatic nitrogens is 2. The van der Waals surface area contributed by atoms with Crippen molar-refractivity contribution in [2.75, 3.05) is 18.9 Å². The van der Waals surface area contributed by atoms with Gasteiger partial charge in [0.1, 0.15) is 0 Å². The number of halogens is 1. The second-order valence-corrected chi connectivity index (χ2v) is 7.36. The highest BCUT2D eigenvalue weighted by Crippen LogP contribution is 2.26. The van der Waals surface area contributed by atoms with Crippen LogP contribution < -0.4 is 5.32 Å². The number of benzene rings is 2. The van der Waals surface area contributed by atoms with E-state index in [0.29, 0.717) is 23.1 Å². The van der Waals surface area contributed by atoms with Crippen LogP contribution in [0, 0.1) is 18.7 Å².